The molecule has 0 atom stereocenters. The fourth-order valence-corrected chi connectivity index (χ4v) is 5.09. The molecule has 1 aliphatic rings. The zero-order valence-corrected chi connectivity index (χ0v) is 16.7. The van der Waals surface area contributed by atoms with Crippen molar-refractivity contribution >= 4 is 33.0 Å². The van der Waals surface area contributed by atoms with Gasteiger partial charge in [-0.05, 0) is 35.7 Å². The highest BCUT2D eigenvalue weighted by Crippen LogP contribution is 2.25. The van der Waals surface area contributed by atoms with E-state index in [1.165, 1.54) is 21.7 Å². The Kier molecular flexibility index (Phi) is 5.46. The van der Waals surface area contributed by atoms with Crippen molar-refractivity contribution in [2.75, 3.05) is 31.6 Å². The van der Waals surface area contributed by atoms with E-state index >= 15 is 0 Å². The molecule has 0 unspecified atom stereocenters. The third kappa shape index (κ3) is 4.08. The van der Waals surface area contributed by atoms with Crippen molar-refractivity contribution in [2.45, 2.75) is 4.90 Å². The fourth-order valence-electron chi connectivity index (χ4n) is 2.90. The number of aromatic amines is 1. The SMILES string of the molecule is O=C(Nc1ccc(F)c(S(=O)(=O)N2CCOCC2)c1)c1cc(-c2cccs2)[nH]n1. The molecule has 0 spiro atoms. The number of sulfonamides is 1. The number of nitrogens with one attached hydrogen (secondary N) is 2. The monoisotopic (exact) mass is 436 g/mol. The maximum absolute atomic E-state index is 14.3. The van der Waals surface area contributed by atoms with Crippen LogP contribution in [0.4, 0.5) is 10.1 Å². The molecule has 8 nitrogen and oxygen atoms in total. The molecule has 1 fully saturated rings. The number of rotatable bonds is 5. The second-order valence-electron chi connectivity index (χ2n) is 6.26. The molecule has 0 radical (unpaired) electrons. The van der Waals surface area contributed by atoms with Gasteiger partial charge in [0.25, 0.3) is 5.91 Å². The summed E-state index contributed by atoms with van der Waals surface area (Å²) in [5.74, 6) is -1.42. The minimum atomic E-state index is -4.03. The lowest BCUT2D eigenvalue weighted by Crippen LogP contribution is -2.40. The number of amides is 1. The van der Waals surface area contributed by atoms with Crippen LogP contribution in [-0.2, 0) is 14.8 Å². The number of carbonyl (C=O) groups is 1. The van der Waals surface area contributed by atoms with Crippen LogP contribution in [-0.4, -0.2) is 55.1 Å². The summed E-state index contributed by atoms with van der Waals surface area (Å²) in [6.45, 7) is 0.806. The number of thiophene rings is 1. The molecule has 2 aromatic heterocycles. The van der Waals surface area contributed by atoms with Crippen LogP contribution >= 0.6 is 11.3 Å². The average molecular weight is 436 g/mol. The lowest BCUT2D eigenvalue weighted by Gasteiger charge is -2.26. The summed E-state index contributed by atoms with van der Waals surface area (Å²) in [5.41, 5.74) is 0.985. The second-order valence-corrected chi connectivity index (χ2v) is 9.11. The number of morpholine rings is 1. The highest BCUT2D eigenvalue weighted by Gasteiger charge is 2.29. The molecular formula is C18H17FN4O4S2. The molecule has 4 rings (SSSR count). The number of hydrogen-bond acceptors (Lipinski definition) is 6. The largest absolute Gasteiger partial charge is 0.379 e. The normalized spacial score (nSPS) is 15.3. The third-order valence-electron chi connectivity index (χ3n) is 4.37. The van der Waals surface area contributed by atoms with Gasteiger partial charge >= 0.3 is 0 Å². The molecule has 0 aliphatic carbocycles. The van der Waals surface area contributed by atoms with Crippen LogP contribution in [0.1, 0.15) is 10.5 Å². The van der Waals surface area contributed by atoms with Gasteiger partial charge in [0, 0.05) is 18.8 Å². The highest BCUT2D eigenvalue weighted by atomic mass is 32.2. The second kappa shape index (κ2) is 8.03. The van der Waals surface area contributed by atoms with Crippen molar-refractivity contribution in [2.24, 2.45) is 0 Å². The van der Waals surface area contributed by atoms with E-state index in [-0.39, 0.29) is 37.7 Å². The predicted octanol–water partition coefficient (Wildman–Crippen LogP) is 2.55. The minimum absolute atomic E-state index is 0.135. The van der Waals surface area contributed by atoms with E-state index in [4.69, 9.17) is 4.74 Å². The van der Waals surface area contributed by atoms with Gasteiger partial charge in [-0.25, -0.2) is 12.8 Å². The van der Waals surface area contributed by atoms with Gasteiger partial charge < -0.3 is 10.1 Å². The van der Waals surface area contributed by atoms with Gasteiger partial charge in [0.2, 0.25) is 10.0 Å². The number of anilines is 1. The molecule has 1 aromatic carbocycles. The van der Waals surface area contributed by atoms with Gasteiger partial charge in [-0.2, -0.15) is 9.40 Å². The number of aromatic nitrogens is 2. The van der Waals surface area contributed by atoms with Crippen molar-refractivity contribution < 1.29 is 22.3 Å². The molecule has 1 aliphatic heterocycles. The number of H-pyrrole nitrogens is 1. The summed E-state index contributed by atoms with van der Waals surface area (Å²) in [6.07, 6.45) is 0. The van der Waals surface area contributed by atoms with Crippen LogP contribution in [0.2, 0.25) is 0 Å². The van der Waals surface area contributed by atoms with E-state index in [0.29, 0.717) is 5.69 Å². The van der Waals surface area contributed by atoms with Gasteiger partial charge in [-0.15, -0.1) is 11.3 Å². The van der Waals surface area contributed by atoms with Crippen LogP contribution < -0.4 is 5.32 Å². The topological polar surface area (TPSA) is 104 Å². The minimum Gasteiger partial charge on any atom is -0.379 e. The number of benzene rings is 1. The summed E-state index contributed by atoms with van der Waals surface area (Å²) in [6, 6.07) is 8.81. The van der Waals surface area contributed by atoms with Crippen LogP contribution in [0.25, 0.3) is 10.6 Å². The lowest BCUT2D eigenvalue weighted by atomic mass is 10.2. The number of halogens is 1. The maximum atomic E-state index is 14.3. The van der Waals surface area contributed by atoms with E-state index < -0.39 is 26.6 Å². The Morgan fingerprint density at radius 2 is 2.03 bits per heavy atom. The highest BCUT2D eigenvalue weighted by molar-refractivity contribution is 7.89. The maximum Gasteiger partial charge on any atom is 0.276 e. The van der Waals surface area contributed by atoms with Crippen LogP contribution in [0.3, 0.4) is 0 Å². The molecular weight excluding hydrogens is 419 g/mol. The molecule has 11 heteroatoms. The van der Waals surface area contributed by atoms with Crippen molar-refractivity contribution in [1.82, 2.24) is 14.5 Å². The number of carbonyl (C=O) groups excluding carboxylic acids is 1. The van der Waals surface area contributed by atoms with Crippen LogP contribution in [0, 0.1) is 5.82 Å². The van der Waals surface area contributed by atoms with Crippen molar-refractivity contribution in [3.05, 3.63) is 53.3 Å². The lowest BCUT2D eigenvalue weighted by molar-refractivity contribution is 0.0729. The zero-order valence-electron chi connectivity index (χ0n) is 15.1. The first-order valence-electron chi connectivity index (χ1n) is 8.73. The Morgan fingerprint density at radius 1 is 1.24 bits per heavy atom. The zero-order chi connectivity index (χ0) is 20.4. The van der Waals surface area contributed by atoms with Gasteiger partial charge in [-0.1, -0.05) is 6.07 Å². The Hall–Kier alpha value is -2.60. The Morgan fingerprint density at radius 3 is 2.76 bits per heavy atom. The standard InChI is InChI=1S/C18H17FN4O4S2/c19-13-4-3-12(10-17(13)29(25,26)23-5-7-27-8-6-23)20-18(24)15-11-14(21-22-15)16-2-1-9-28-16/h1-4,9-11H,5-8H2,(H,20,24)(H,21,22). The predicted molar refractivity (Wildman–Crippen MR) is 106 cm³/mol. The Balaban J connectivity index is 1.55. The fraction of sp³-hybridized carbons (Fsp3) is 0.222. The molecule has 0 saturated carbocycles. The van der Waals surface area contributed by atoms with Gasteiger partial charge in [0.1, 0.15) is 10.7 Å². The van der Waals surface area contributed by atoms with Crippen molar-refractivity contribution in [3.8, 4) is 10.6 Å². The van der Waals surface area contributed by atoms with Crippen molar-refractivity contribution in [1.29, 1.82) is 0 Å². The van der Waals surface area contributed by atoms with Crippen molar-refractivity contribution in [3.63, 3.8) is 0 Å². The van der Waals surface area contributed by atoms with Gasteiger partial charge in [0.15, 0.2) is 5.69 Å². The molecule has 2 N–H and O–H groups in total. The quantitative estimate of drug-likeness (QED) is 0.640. The smallest absolute Gasteiger partial charge is 0.276 e. The van der Waals surface area contributed by atoms with E-state index in [9.17, 15) is 17.6 Å². The summed E-state index contributed by atoms with van der Waals surface area (Å²) in [5, 5.41) is 11.2. The Bertz CT molecular complexity index is 1120. The van der Waals surface area contributed by atoms with Crippen LogP contribution in [0.15, 0.2) is 46.7 Å². The van der Waals surface area contributed by atoms with E-state index in [2.05, 4.69) is 15.5 Å². The van der Waals surface area contributed by atoms with E-state index in [0.717, 1.165) is 17.0 Å². The summed E-state index contributed by atoms with van der Waals surface area (Å²) in [4.78, 5) is 12.9. The first-order chi connectivity index (χ1) is 13.9. The van der Waals surface area contributed by atoms with E-state index in [1.54, 1.807) is 6.07 Å². The molecule has 3 heterocycles. The molecule has 3 aromatic rings. The summed E-state index contributed by atoms with van der Waals surface area (Å²) in [7, 11) is -4.03. The van der Waals surface area contributed by atoms with Crippen LogP contribution in [0.5, 0.6) is 0 Å². The molecule has 1 saturated heterocycles. The number of hydrogen-bond donors (Lipinski definition) is 2. The molecule has 152 valence electrons. The molecule has 29 heavy (non-hydrogen) atoms. The third-order valence-corrected chi connectivity index (χ3v) is 7.19. The number of nitrogens with zero attached hydrogens (tertiary/aromatic N) is 2. The number of ether oxygens (including phenoxy) is 1. The Labute approximate surface area is 170 Å². The first kappa shape index (κ1) is 19.7. The summed E-state index contributed by atoms with van der Waals surface area (Å²) >= 11 is 1.50. The molecule has 1 amide bonds. The van der Waals surface area contributed by atoms with Gasteiger partial charge in [-0.3, -0.25) is 9.89 Å². The van der Waals surface area contributed by atoms with E-state index in [1.807, 2.05) is 17.5 Å². The first-order valence-corrected chi connectivity index (χ1v) is 11.1. The summed E-state index contributed by atoms with van der Waals surface area (Å²) < 4.78 is 46.1. The molecule has 0 bridgehead atoms. The average Bonchev–Trinajstić information content (AvgIpc) is 3.42. The van der Waals surface area contributed by atoms with Gasteiger partial charge in [0.05, 0.1) is 23.8 Å².